The number of methoxy groups -OCH3 is 1. The Balaban J connectivity index is 0.00000144. The number of ether oxygens (including phenoxy) is 1. The third-order valence-electron chi connectivity index (χ3n) is 1.44. The molecule has 0 aromatic heterocycles. The fourth-order valence-corrected chi connectivity index (χ4v) is 1.14. The van der Waals surface area contributed by atoms with Crippen LogP contribution in [0.2, 0.25) is 0 Å². The molecule has 13 heavy (non-hydrogen) atoms. The minimum atomic E-state index is 0. The van der Waals surface area contributed by atoms with E-state index in [1.54, 1.807) is 25.3 Å². The molecule has 0 fully saturated rings. The number of Topliss-reactive ketones (excluding diaryl/α,β-unsaturated/α-hetero) is 1. The summed E-state index contributed by atoms with van der Waals surface area (Å²) < 4.78 is 4.93. The Hall–Kier alpha value is 0.274. The number of hydrogen-bond donors (Lipinski definition) is 0. The molecule has 0 spiro atoms. The van der Waals surface area contributed by atoms with Crippen molar-refractivity contribution in [3.05, 3.63) is 29.8 Å². The summed E-state index contributed by atoms with van der Waals surface area (Å²) >= 11 is 3.10. The standard InChI is InChI=1S/C9H8BrO2.Y/c1-12-8-4-2-3-7(5-8)9(11)6-10;/h2-3,5H,6H2,1H3;/q-1;. The van der Waals surface area contributed by atoms with Crippen molar-refractivity contribution in [1.29, 1.82) is 0 Å². The van der Waals surface area contributed by atoms with Crippen LogP contribution < -0.4 is 4.74 Å². The molecular weight excluding hydrogens is 309 g/mol. The van der Waals surface area contributed by atoms with Gasteiger partial charge in [0, 0.05) is 38.5 Å². The van der Waals surface area contributed by atoms with Gasteiger partial charge in [0.1, 0.15) is 5.78 Å². The maximum atomic E-state index is 11.2. The first-order valence-corrected chi connectivity index (χ1v) is 4.55. The maximum absolute atomic E-state index is 11.2. The maximum Gasteiger partial charge on any atom is 0.149 e. The molecule has 1 radical (unpaired) electrons. The van der Waals surface area contributed by atoms with Crippen LogP contribution in [0, 0.1) is 6.07 Å². The molecule has 1 aromatic carbocycles. The van der Waals surface area contributed by atoms with Crippen molar-refractivity contribution in [1.82, 2.24) is 0 Å². The fourth-order valence-electron chi connectivity index (χ4n) is 0.813. The van der Waals surface area contributed by atoms with Crippen molar-refractivity contribution in [3.63, 3.8) is 0 Å². The molecule has 0 bridgehead atoms. The molecular formula is C9H8BrO2Y-. The molecule has 67 valence electrons. The van der Waals surface area contributed by atoms with E-state index in [4.69, 9.17) is 4.74 Å². The average molecular weight is 317 g/mol. The van der Waals surface area contributed by atoms with E-state index in [0.29, 0.717) is 16.6 Å². The summed E-state index contributed by atoms with van der Waals surface area (Å²) in [5.41, 5.74) is 0.641. The zero-order chi connectivity index (χ0) is 8.97. The van der Waals surface area contributed by atoms with Gasteiger partial charge in [-0.1, -0.05) is 21.5 Å². The molecule has 0 atom stereocenters. The van der Waals surface area contributed by atoms with Crippen LogP contribution in [0.3, 0.4) is 0 Å². The topological polar surface area (TPSA) is 26.3 Å². The van der Waals surface area contributed by atoms with Gasteiger partial charge in [0.25, 0.3) is 0 Å². The van der Waals surface area contributed by atoms with Crippen molar-refractivity contribution in [3.8, 4) is 5.75 Å². The summed E-state index contributed by atoms with van der Waals surface area (Å²) in [4.78, 5) is 11.2. The van der Waals surface area contributed by atoms with E-state index in [2.05, 4.69) is 22.0 Å². The third-order valence-corrected chi connectivity index (χ3v) is 1.95. The summed E-state index contributed by atoms with van der Waals surface area (Å²) in [7, 11) is 1.55. The van der Waals surface area contributed by atoms with E-state index in [1.165, 1.54) is 0 Å². The predicted octanol–water partition coefficient (Wildman–Crippen LogP) is 2.07. The van der Waals surface area contributed by atoms with Crippen LogP contribution in [-0.2, 0) is 32.7 Å². The van der Waals surface area contributed by atoms with Crippen molar-refractivity contribution < 1.29 is 42.2 Å². The van der Waals surface area contributed by atoms with Crippen LogP contribution in [0.1, 0.15) is 10.4 Å². The first-order chi connectivity index (χ1) is 5.77. The van der Waals surface area contributed by atoms with Crippen molar-refractivity contribution in [2.75, 3.05) is 12.4 Å². The SMILES string of the molecule is COc1[c-]ccc(C(=O)CBr)c1.[Y]. The van der Waals surface area contributed by atoms with Gasteiger partial charge in [-0.05, 0) is 0 Å². The Morgan fingerprint density at radius 2 is 2.38 bits per heavy atom. The number of carbonyl (C=O) groups excluding carboxylic acids is 1. The minimum absolute atomic E-state index is 0. The number of hydrogen-bond acceptors (Lipinski definition) is 2. The molecule has 0 saturated heterocycles. The van der Waals surface area contributed by atoms with Crippen LogP contribution in [0.4, 0.5) is 0 Å². The summed E-state index contributed by atoms with van der Waals surface area (Å²) in [6, 6.07) is 7.91. The van der Waals surface area contributed by atoms with E-state index < -0.39 is 0 Å². The Bertz CT molecular complexity index is 289. The number of halogens is 1. The normalized spacial score (nSPS) is 8.77. The average Bonchev–Trinajstić information content (AvgIpc) is 2.17. The Morgan fingerprint density at radius 1 is 1.69 bits per heavy atom. The van der Waals surface area contributed by atoms with E-state index in [1.807, 2.05) is 0 Å². The molecule has 2 nitrogen and oxygen atoms in total. The van der Waals surface area contributed by atoms with Crippen molar-refractivity contribution in [2.24, 2.45) is 0 Å². The van der Waals surface area contributed by atoms with Crippen LogP contribution in [0.5, 0.6) is 5.75 Å². The smallest absolute Gasteiger partial charge is 0.149 e. The molecule has 0 amide bonds. The number of ketones is 1. The van der Waals surface area contributed by atoms with E-state index in [9.17, 15) is 4.79 Å². The minimum Gasteiger partial charge on any atom is -0.523 e. The number of carbonyl (C=O) groups is 1. The van der Waals surface area contributed by atoms with Gasteiger partial charge in [0.15, 0.2) is 0 Å². The zero-order valence-corrected chi connectivity index (χ0v) is 11.6. The molecule has 1 rings (SSSR count). The van der Waals surface area contributed by atoms with Gasteiger partial charge >= 0.3 is 0 Å². The number of rotatable bonds is 3. The molecule has 0 aliphatic heterocycles. The van der Waals surface area contributed by atoms with E-state index >= 15 is 0 Å². The van der Waals surface area contributed by atoms with Gasteiger partial charge in [-0.25, -0.2) is 0 Å². The molecule has 1 aromatic rings. The zero-order valence-electron chi connectivity index (χ0n) is 7.21. The summed E-state index contributed by atoms with van der Waals surface area (Å²) in [5.74, 6) is 0.629. The largest absolute Gasteiger partial charge is 0.523 e. The Morgan fingerprint density at radius 3 is 2.92 bits per heavy atom. The summed E-state index contributed by atoms with van der Waals surface area (Å²) in [6.45, 7) is 0. The molecule has 4 heteroatoms. The van der Waals surface area contributed by atoms with Crippen LogP contribution in [-0.4, -0.2) is 18.2 Å². The third kappa shape index (κ3) is 3.88. The van der Waals surface area contributed by atoms with Crippen molar-refractivity contribution >= 4 is 21.7 Å². The number of alkyl halides is 1. The Labute approximate surface area is 111 Å². The van der Waals surface area contributed by atoms with E-state index in [-0.39, 0.29) is 38.5 Å². The van der Waals surface area contributed by atoms with Crippen LogP contribution in [0.15, 0.2) is 18.2 Å². The second-order valence-corrected chi connectivity index (χ2v) is 2.76. The quantitative estimate of drug-likeness (QED) is 0.485. The predicted molar refractivity (Wildman–Crippen MR) is 50.0 cm³/mol. The first kappa shape index (κ1) is 13.3. The van der Waals surface area contributed by atoms with Gasteiger partial charge in [-0.3, -0.25) is 4.79 Å². The van der Waals surface area contributed by atoms with Crippen LogP contribution in [0.25, 0.3) is 0 Å². The van der Waals surface area contributed by atoms with Gasteiger partial charge in [-0.2, -0.15) is 12.1 Å². The second kappa shape index (κ2) is 6.69. The van der Waals surface area contributed by atoms with E-state index in [0.717, 1.165) is 0 Å². The second-order valence-electron chi connectivity index (χ2n) is 2.20. The summed E-state index contributed by atoms with van der Waals surface area (Å²) in [6.07, 6.45) is 0. The number of benzene rings is 1. The first-order valence-electron chi connectivity index (χ1n) is 3.43. The molecule has 0 aliphatic carbocycles. The monoisotopic (exact) mass is 316 g/mol. The molecule has 0 aliphatic rings. The van der Waals surface area contributed by atoms with Gasteiger partial charge in [-0.15, -0.1) is 12.1 Å². The van der Waals surface area contributed by atoms with Gasteiger partial charge < -0.3 is 4.74 Å². The molecule has 0 N–H and O–H groups in total. The summed E-state index contributed by atoms with van der Waals surface area (Å²) in [5, 5.41) is 0.333. The Kier molecular flexibility index (Phi) is 6.83. The molecule has 0 unspecified atom stereocenters. The molecule has 0 heterocycles. The van der Waals surface area contributed by atoms with Gasteiger partial charge in [0.2, 0.25) is 0 Å². The van der Waals surface area contributed by atoms with Crippen molar-refractivity contribution in [2.45, 2.75) is 0 Å². The molecule has 0 saturated carbocycles. The van der Waals surface area contributed by atoms with Gasteiger partial charge in [0.05, 0.1) is 12.4 Å². The van der Waals surface area contributed by atoms with Crippen LogP contribution >= 0.6 is 15.9 Å². The fraction of sp³-hybridized carbons (Fsp3) is 0.222.